The average Bonchev–Trinajstić information content (AvgIpc) is 2.47. The van der Waals surface area contributed by atoms with Crippen molar-refractivity contribution in [1.29, 1.82) is 0 Å². The lowest BCUT2D eigenvalue weighted by atomic mass is 10.00. The minimum atomic E-state index is -1.40. The van der Waals surface area contributed by atoms with E-state index in [0.717, 1.165) is 0 Å². The van der Waals surface area contributed by atoms with Gasteiger partial charge in [0.15, 0.2) is 4.90 Å². The number of anilines is 1. The van der Waals surface area contributed by atoms with Crippen LogP contribution in [0.15, 0.2) is 53.6 Å². The molecular weight excluding hydrogens is 275 g/mol. The zero-order chi connectivity index (χ0) is 13.7. The van der Waals surface area contributed by atoms with Crippen LogP contribution in [0.3, 0.4) is 0 Å². The third kappa shape index (κ3) is 1.54. The van der Waals surface area contributed by atoms with Gasteiger partial charge in [-0.15, -0.1) is 0 Å². The second-order valence-electron chi connectivity index (χ2n) is 4.55. The summed E-state index contributed by atoms with van der Waals surface area (Å²) >= 11 is -1.40. The number of halogens is 1. The lowest BCUT2D eigenvalue weighted by Crippen LogP contribution is -2.20. The first-order valence-corrected chi connectivity index (χ1v) is 7.26. The molecule has 1 aromatic heterocycles. The quantitative estimate of drug-likeness (QED) is 0.643. The van der Waals surface area contributed by atoms with E-state index in [1.807, 2.05) is 6.07 Å². The summed E-state index contributed by atoms with van der Waals surface area (Å²) in [7, 11) is 0. The normalized spacial score (nSPS) is 16.4. The first-order chi connectivity index (χ1) is 9.75. The number of pyridine rings is 1. The zero-order valence-corrected chi connectivity index (χ0v) is 11.1. The Hall–Kier alpha value is -2.11. The van der Waals surface area contributed by atoms with Crippen LogP contribution in [0.2, 0.25) is 0 Å². The Morgan fingerprint density at radius 3 is 2.90 bits per heavy atom. The summed E-state index contributed by atoms with van der Waals surface area (Å²) in [4.78, 5) is 4.87. The Labute approximate surface area is 117 Å². The molecule has 1 N–H and O–H groups in total. The molecule has 0 radical (unpaired) electrons. The molecule has 5 heteroatoms. The lowest BCUT2D eigenvalue weighted by molar-refractivity contribution is 0.599. The van der Waals surface area contributed by atoms with E-state index in [-0.39, 0.29) is 5.82 Å². The van der Waals surface area contributed by atoms with Crippen molar-refractivity contribution in [2.75, 3.05) is 4.72 Å². The van der Waals surface area contributed by atoms with Gasteiger partial charge in [-0.25, -0.2) is 9.11 Å². The molecule has 3 nitrogen and oxygen atoms in total. The molecule has 0 aliphatic carbocycles. The Kier molecular flexibility index (Phi) is 2.45. The smallest absolute Gasteiger partial charge is 0.187 e. The van der Waals surface area contributed by atoms with Crippen molar-refractivity contribution >= 4 is 28.0 Å². The highest BCUT2D eigenvalue weighted by molar-refractivity contribution is 7.93. The summed E-state index contributed by atoms with van der Waals surface area (Å²) in [6.45, 7) is 0. The fraction of sp³-hybridized carbons (Fsp3) is 0. The fourth-order valence-electron chi connectivity index (χ4n) is 2.53. The van der Waals surface area contributed by atoms with Crippen LogP contribution in [0.4, 0.5) is 10.1 Å². The number of fused-ring (bicyclic) bond motifs is 5. The Morgan fingerprint density at radius 1 is 1.15 bits per heavy atom. The Morgan fingerprint density at radius 2 is 2.00 bits per heavy atom. The van der Waals surface area contributed by atoms with Gasteiger partial charge < -0.3 is 4.55 Å². The van der Waals surface area contributed by atoms with E-state index in [1.54, 1.807) is 36.5 Å². The number of nitrogens with zero attached hydrogens (tertiary/aromatic N) is 1. The maximum absolute atomic E-state index is 14.4. The zero-order valence-electron chi connectivity index (χ0n) is 10.3. The number of hydrogen-bond acceptors (Lipinski definition) is 3. The molecule has 1 atom stereocenters. The van der Waals surface area contributed by atoms with Crippen LogP contribution in [-0.4, -0.2) is 9.54 Å². The molecule has 1 unspecified atom stereocenters. The van der Waals surface area contributed by atoms with E-state index >= 15 is 0 Å². The molecule has 2 heterocycles. The number of nitrogens with one attached hydrogen (secondary N) is 1. The van der Waals surface area contributed by atoms with Crippen LogP contribution < -0.4 is 4.72 Å². The van der Waals surface area contributed by atoms with Gasteiger partial charge >= 0.3 is 0 Å². The molecule has 0 saturated heterocycles. The monoisotopic (exact) mass is 284 g/mol. The standard InChI is InChI=1S/C15H9FN2OS/c16-11-8-9-4-3-7-17-14(9)15-13(11)10-5-1-2-6-12(10)20(19)18-15/h1-8,18H. The first-order valence-electron chi connectivity index (χ1n) is 6.11. The predicted octanol–water partition coefficient (Wildman–Crippen LogP) is 3.49. The molecule has 0 amide bonds. The van der Waals surface area contributed by atoms with E-state index < -0.39 is 11.4 Å². The number of rotatable bonds is 0. The lowest BCUT2D eigenvalue weighted by Gasteiger charge is -2.23. The van der Waals surface area contributed by atoms with Gasteiger partial charge in [-0.05, 0) is 24.3 Å². The third-order valence-electron chi connectivity index (χ3n) is 3.40. The van der Waals surface area contributed by atoms with Gasteiger partial charge in [0.25, 0.3) is 0 Å². The van der Waals surface area contributed by atoms with E-state index in [2.05, 4.69) is 9.71 Å². The number of aromatic nitrogens is 1. The summed E-state index contributed by atoms with van der Waals surface area (Å²) < 4.78 is 29.6. The highest BCUT2D eigenvalue weighted by atomic mass is 32.2. The van der Waals surface area contributed by atoms with Crippen molar-refractivity contribution in [3.05, 3.63) is 54.5 Å². The Bertz CT molecular complexity index is 837. The summed E-state index contributed by atoms with van der Waals surface area (Å²) in [5.41, 5.74) is 2.22. The second kappa shape index (κ2) is 4.19. The molecule has 4 rings (SSSR count). The fourth-order valence-corrected chi connectivity index (χ4v) is 3.60. The topological polar surface area (TPSA) is 48.0 Å². The summed E-state index contributed by atoms with van der Waals surface area (Å²) in [6, 6.07) is 12.1. The van der Waals surface area contributed by atoms with Gasteiger partial charge in [-0.3, -0.25) is 4.98 Å². The van der Waals surface area contributed by atoms with E-state index in [9.17, 15) is 8.94 Å². The van der Waals surface area contributed by atoms with Gasteiger partial charge in [-0.2, -0.15) is 0 Å². The van der Waals surface area contributed by atoms with Gasteiger partial charge in [0.1, 0.15) is 22.9 Å². The van der Waals surface area contributed by atoms with E-state index in [0.29, 0.717) is 32.6 Å². The van der Waals surface area contributed by atoms with Crippen LogP contribution >= 0.6 is 0 Å². The van der Waals surface area contributed by atoms with Crippen molar-refractivity contribution in [2.24, 2.45) is 0 Å². The minimum absolute atomic E-state index is 0.336. The maximum atomic E-state index is 14.4. The highest BCUT2D eigenvalue weighted by Crippen LogP contribution is 2.43. The molecule has 3 aromatic rings. The summed E-state index contributed by atoms with van der Waals surface area (Å²) in [6.07, 6.45) is 1.64. The van der Waals surface area contributed by atoms with Gasteiger partial charge in [-0.1, -0.05) is 18.2 Å². The van der Waals surface area contributed by atoms with Crippen LogP contribution in [-0.2, 0) is 11.4 Å². The summed E-state index contributed by atoms with van der Waals surface area (Å²) in [5.74, 6) is -0.336. The van der Waals surface area contributed by atoms with E-state index in [1.165, 1.54) is 6.07 Å². The minimum Gasteiger partial charge on any atom is -0.588 e. The molecule has 98 valence electrons. The Balaban J connectivity index is 2.15. The van der Waals surface area contributed by atoms with Gasteiger partial charge in [0, 0.05) is 17.1 Å². The van der Waals surface area contributed by atoms with Gasteiger partial charge in [0.05, 0.1) is 11.1 Å². The molecule has 1 aliphatic rings. The largest absolute Gasteiger partial charge is 0.588 e. The first kappa shape index (κ1) is 11.7. The molecule has 0 saturated carbocycles. The van der Waals surface area contributed by atoms with Crippen molar-refractivity contribution < 1.29 is 8.94 Å². The number of hydrogen-bond donors (Lipinski definition) is 1. The molecule has 0 spiro atoms. The molecule has 0 bridgehead atoms. The number of benzene rings is 2. The predicted molar refractivity (Wildman–Crippen MR) is 77.2 cm³/mol. The van der Waals surface area contributed by atoms with Crippen molar-refractivity contribution in [1.82, 2.24) is 4.98 Å². The van der Waals surface area contributed by atoms with Crippen molar-refractivity contribution in [3.63, 3.8) is 0 Å². The van der Waals surface area contributed by atoms with Gasteiger partial charge in [0.2, 0.25) is 0 Å². The highest BCUT2D eigenvalue weighted by Gasteiger charge is 2.30. The summed E-state index contributed by atoms with van der Waals surface area (Å²) in [5, 5.41) is 0.688. The van der Waals surface area contributed by atoms with Crippen LogP contribution in [0, 0.1) is 5.82 Å². The molecule has 20 heavy (non-hydrogen) atoms. The van der Waals surface area contributed by atoms with Crippen LogP contribution in [0.5, 0.6) is 0 Å². The maximum Gasteiger partial charge on any atom is 0.187 e. The van der Waals surface area contributed by atoms with E-state index in [4.69, 9.17) is 0 Å². The molecule has 2 aromatic carbocycles. The van der Waals surface area contributed by atoms with Crippen molar-refractivity contribution in [3.8, 4) is 11.1 Å². The molecular formula is C15H9FN2OS. The van der Waals surface area contributed by atoms with Crippen LogP contribution in [0.1, 0.15) is 0 Å². The third-order valence-corrected chi connectivity index (χ3v) is 4.54. The second-order valence-corrected chi connectivity index (χ2v) is 5.73. The van der Waals surface area contributed by atoms with Crippen molar-refractivity contribution in [2.45, 2.75) is 4.90 Å². The van der Waals surface area contributed by atoms with Crippen LogP contribution in [0.25, 0.3) is 22.0 Å². The molecule has 1 aliphatic heterocycles. The average molecular weight is 284 g/mol. The SMILES string of the molecule is [O-][S+]1Nc2c(c(F)cc3cccnc23)-c2ccccc21. The molecule has 0 fully saturated rings.